The van der Waals surface area contributed by atoms with Gasteiger partial charge in [-0.1, -0.05) is 18.6 Å². The second-order valence-electron chi connectivity index (χ2n) is 6.67. The molecule has 0 radical (unpaired) electrons. The van der Waals surface area contributed by atoms with Gasteiger partial charge in [0.1, 0.15) is 5.82 Å². The van der Waals surface area contributed by atoms with Crippen molar-refractivity contribution < 1.29 is 9.18 Å². The molecule has 0 saturated heterocycles. The highest BCUT2D eigenvalue weighted by Gasteiger charge is 2.45. The fourth-order valence-electron chi connectivity index (χ4n) is 3.45. The monoisotopic (exact) mass is 346 g/mol. The first-order chi connectivity index (χ1) is 11.6. The first kappa shape index (κ1) is 15.5. The van der Waals surface area contributed by atoms with Crippen molar-refractivity contribution in [2.75, 3.05) is 0 Å². The Kier molecular flexibility index (Phi) is 3.75. The van der Waals surface area contributed by atoms with Gasteiger partial charge in [-0.05, 0) is 55.6 Å². The van der Waals surface area contributed by atoms with Gasteiger partial charge in [0.25, 0.3) is 0 Å². The normalized spacial score (nSPS) is 18.9. The molecule has 5 nitrogen and oxygen atoms in total. The van der Waals surface area contributed by atoms with Gasteiger partial charge >= 0.3 is 0 Å². The minimum atomic E-state index is -0.536. The Balaban J connectivity index is 1.51. The Morgan fingerprint density at radius 1 is 1.38 bits per heavy atom. The van der Waals surface area contributed by atoms with E-state index in [-0.39, 0.29) is 11.7 Å². The molecule has 0 atom stereocenters. The zero-order chi connectivity index (χ0) is 16.7. The molecule has 0 spiro atoms. The number of rotatable bonds is 5. The summed E-state index contributed by atoms with van der Waals surface area (Å²) in [5.41, 5.74) is 0.347. The average Bonchev–Trinajstić information content (AvgIpc) is 3.29. The molecule has 0 unspecified atom stereocenters. The number of nitrogens with one attached hydrogen (secondary N) is 2. The maximum Gasteiger partial charge on any atom is 0.231 e. The van der Waals surface area contributed by atoms with Crippen LogP contribution in [0.5, 0.6) is 0 Å². The topological polar surface area (TPSA) is 62.7 Å². The molecular weight excluding hydrogens is 327 g/mol. The van der Waals surface area contributed by atoms with Crippen molar-refractivity contribution in [3.8, 4) is 0 Å². The van der Waals surface area contributed by atoms with E-state index in [0.717, 1.165) is 43.5 Å². The third-order valence-corrected chi connectivity index (χ3v) is 5.42. The third kappa shape index (κ3) is 2.56. The Morgan fingerprint density at radius 3 is 2.67 bits per heavy atom. The summed E-state index contributed by atoms with van der Waals surface area (Å²) < 4.78 is 15.8. The Labute approximate surface area is 144 Å². The maximum atomic E-state index is 13.2. The molecule has 4 rings (SSSR count). The largest absolute Gasteiger partial charge is 0.348 e. The number of aromatic amines is 1. The van der Waals surface area contributed by atoms with Crippen molar-refractivity contribution in [2.45, 2.75) is 50.1 Å². The van der Waals surface area contributed by atoms with Crippen LogP contribution in [0.3, 0.4) is 0 Å². The molecule has 2 N–H and O–H groups in total. The number of carbonyl (C=O) groups excluding carboxylic acids is 1. The van der Waals surface area contributed by atoms with Gasteiger partial charge < -0.3 is 5.32 Å². The first-order valence-electron chi connectivity index (χ1n) is 8.30. The lowest BCUT2D eigenvalue weighted by atomic mass is 9.64. The molecule has 0 bridgehead atoms. The van der Waals surface area contributed by atoms with Crippen LogP contribution in [0.1, 0.15) is 49.5 Å². The van der Waals surface area contributed by atoms with Crippen molar-refractivity contribution in [3.05, 3.63) is 46.2 Å². The van der Waals surface area contributed by atoms with Crippen LogP contribution >= 0.6 is 12.2 Å². The lowest BCUT2D eigenvalue weighted by Gasteiger charge is -2.40. The molecule has 1 aromatic carbocycles. The number of aromatic nitrogens is 3. The van der Waals surface area contributed by atoms with Crippen molar-refractivity contribution in [2.24, 2.45) is 0 Å². The summed E-state index contributed by atoms with van der Waals surface area (Å²) in [5.74, 6) is 0.467. The summed E-state index contributed by atoms with van der Waals surface area (Å²) in [7, 11) is 0. The van der Waals surface area contributed by atoms with Gasteiger partial charge in [-0.2, -0.15) is 5.10 Å². The summed E-state index contributed by atoms with van der Waals surface area (Å²) >= 11 is 5.26. The van der Waals surface area contributed by atoms with Crippen molar-refractivity contribution in [1.29, 1.82) is 0 Å². The molecule has 2 saturated carbocycles. The second-order valence-corrected chi connectivity index (χ2v) is 7.06. The molecule has 7 heteroatoms. The lowest BCUT2D eigenvalue weighted by Crippen LogP contribution is -2.49. The molecule has 2 fully saturated rings. The highest BCUT2D eigenvalue weighted by Crippen LogP contribution is 2.44. The van der Waals surface area contributed by atoms with Gasteiger partial charge in [-0.3, -0.25) is 14.5 Å². The van der Waals surface area contributed by atoms with E-state index < -0.39 is 5.41 Å². The number of carbonyl (C=O) groups is 1. The number of benzene rings is 1. The molecule has 2 aliphatic carbocycles. The number of H-pyrrole nitrogens is 1. The van der Waals surface area contributed by atoms with Crippen LogP contribution in [0, 0.1) is 10.6 Å². The zero-order valence-corrected chi connectivity index (χ0v) is 14.0. The molecular formula is C17H19FN4OS. The molecule has 0 aliphatic heterocycles. The maximum absolute atomic E-state index is 13.2. The highest BCUT2D eigenvalue weighted by atomic mass is 32.1. The SMILES string of the molecule is O=C(NCc1n[nH]c(=S)n1C1CC1)C1(c2ccc(F)cc2)CCC1. The molecule has 24 heavy (non-hydrogen) atoms. The summed E-state index contributed by atoms with van der Waals surface area (Å²) in [6.45, 7) is 0.353. The van der Waals surface area contributed by atoms with Crippen molar-refractivity contribution >= 4 is 18.1 Å². The minimum absolute atomic E-state index is 0.0170. The summed E-state index contributed by atoms with van der Waals surface area (Å²) in [6, 6.07) is 6.68. The van der Waals surface area contributed by atoms with Crippen LogP contribution in [-0.2, 0) is 16.8 Å². The minimum Gasteiger partial charge on any atom is -0.348 e. The van der Waals surface area contributed by atoms with Gasteiger partial charge in [0.15, 0.2) is 10.6 Å². The molecule has 126 valence electrons. The van der Waals surface area contributed by atoms with Crippen LogP contribution < -0.4 is 5.32 Å². The van der Waals surface area contributed by atoms with E-state index in [1.807, 2.05) is 4.57 Å². The summed E-state index contributed by atoms with van der Waals surface area (Å²) in [4.78, 5) is 12.8. The van der Waals surface area contributed by atoms with E-state index in [0.29, 0.717) is 17.4 Å². The molecule has 2 aromatic rings. The van der Waals surface area contributed by atoms with Gasteiger partial charge in [-0.15, -0.1) is 0 Å². The van der Waals surface area contributed by atoms with Crippen LogP contribution in [0.2, 0.25) is 0 Å². The number of nitrogens with zero attached hydrogens (tertiary/aromatic N) is 2. The Hall–Kier alpha value is -2.02. The van der Waals surface area contributed by atoms with Gasteiger partial charge in [0, 0.05) is 6.04 Å². The molecule has 1 aromatic heterocycles. The smallest absolute Gasteiger partial charge is 0.231 e. The van der Waals surface area contributed by atoms with Crippen LogP contribution in [-0.4, -0.2) is 20.7 Å². The molecule has 1 heterocycles. The van der Waals surface area contributed by atoms with Crippen molar-refractivity contribution in [3.63, 3.8) is 0 Å². The zero-order valence-electron chi connectivity index (χ0n) is 13.2. The quantitative estimate of drug-likeness (QED) is 0.818. The van der Waals surface area contributed by atoms with E-state index >= 15 is 0 Å². The van der Waals surface area contributed by atoms with Crippen LogP contribution in [0.15, 0.2) is 24.3 Å². The van der Waals surface area contributed by atoms with Crippen LogP contribution in [0.4, 0.5) is 4.39 Å². The van der Waals surface area contributed by atoms with Crippen LogP contribution in [0.25, 0.3) is 0 Å². The predicted molar refractivity (Wildman–Crippen MR) is 89.5 cm³/mol. The van der Waals surface area contributed by atoms with Gasteiger partial charge in [0.05, 0.1) is 12.0 Å². The molecule has 1 amide bonds. The fraction of sp³-hybridized carbons (Fsp3) is 0.471. The van der Waals surface area contributed by atoms with E-state index in [9.17, 15) is 9.18 Å². The van der Waals surface area contributed by atoms with E-state index in [1.165, 1.54) is 12.1 Å². The van der Waals surface area contributed by atoms with Gasteiger partial charge in [0.2, 0.25) is 5.91 Å². The second kappa shape index (κ2) is 5.81. The first-order valence-corrected chi connectivity index (χ1v) is 8.71. The Morgan fingerprint density at radius 2 is 2.08 bits per heavy atom. The van der Waals surface area contributed by atoms with E-state index in [4.69, 9.17) is 12.2 Å². The number of halogens is 1. The van der Waals surface area contributed by atoms with E-state index in [1.54, 1.807) is 12.1 Å². The average molecular weight is 346 g/mol. The fourth-order valence-corrected chi connectivity index (χ4v) is 3.75. The Bertz CT molecular complexity index is 818. The lowest BCUT2D eigenvalue weighted by molar-refractivity contribution is -0.130. The van der Waals surface area contributed by atoms with Gasteiger partial charge in [-0.25, -0.2) is 4.39 Å². The predicted octanol–water partition coefficient (Wildman–Crippen LogP) is 3.15. The number of hydrogen-bond acceptors (Lipinski definition) is 3. The number of amides is 1. The van der Waals surface area contributed by atoms with Crippen molar-refractivity contribution in [1.82, 2.24) is 20.1 Å². The summed E-state index contributed by atoms with van der Waals surface area (Å²) in [6.07, 6.45) is 4.80. The van der Waals surface area contributed by atoms with E-state index in [2.05, 4.69) is 15.5 Å². The standard InChI is InChI=1S/C17H19FN4OS/c18-12-4-2-11(3-5-12)17(8-1-9-17)15(23)19-10-14-20-21-16(24)22(14)13-6-7-13/h2-5,13H,1,6-10H2,(H,19,23)(H,21,24). The third-order valence-electron chi connectivity index (χ3n) is 5.14. The summed E-state index contributed by atoms with van der Waals surface area (Å²) in [5, 5.41) is 10.1. The number of hydrogen-bond donors (Lipinski definition) is 2. The molecule has 2 aliphatic rings. The highest BCUT2D eigenvalue weighted by molar-refractivity contribution is 7.71.